The van der Waals surface area contributed by atoms with Gasteiger partial charge in [0.25, 0.3) is 5.91 Å². The van der Waals surface area contributed by atoms with Gasteiger partial charge in [-0.3, -0.25) is 9.69 Å². The van der Waals surface area contributed by atoms with Crippen molar-refractivity contribution < 1.29 is 14.5 Å². The predicted octanol–water partition coefficient (Wildman–Crippen LogP) is 2.17. The second kappa shape index (κ2) is 8.05. The second-order valence-electron chi connectivity index (χ2n) is 7.81. The number of urea groups is 1. The molecule has 0 radical (unpaired) electrons. The number of amides is 3. The molecule has 6 nitrogen and oxygen atoms in total. The Bertz CT molecular complexity index is 909. The van der Waals surface area contributed by atoms with Crippen molar-refractivity contribution in [2.45, 2.75) is 19.9 Å². The van der Waals surface area contributed by atoms with Gasteiger partial charge >= 0.3 is 6.03 Å². The number of nitrogens with one attached hydrogen (secondary N) is 1. The lowest BCUT2D eigenvalue weighted by Gasteiger charge is -2.34. The summed E-state index contributed by atoms with van der Waals surface area (Å²) in [6.45, 7) is 7.67. The number of nitrogens with zero attached hydrogens (tertiary/aromatic N) is 3. The highest BCUT2D eigenvalue weighted by atomic mass is 35.5. The molecule has 0 aromatic heterocycles. The number of benzene rings is 2. The molecule has 152 valence electrons. The fourth-order valence-corrected chi connectivity index (χ4v) is 4.23. The molecule has 7 heteroatoms. The average Bonchev–Trinajstić information content (AvgIpc) is 2.93. The first-order chi connectivity index (χ1) is 13.9. The second-order valence-corrected chi connectivity index (χ2v) is 8.24. The molecule has 2 fully saturated rings. The lowest BCUT2D eigenvalue weighted by molar-refractivity contribution is -0.907. The van der Waals surface area contributed by atoms with Crippen LogP contribution < -0.4 is 14.7 Å². The van der Waals surface area contributed by atoms with Gasteiger partial charge in [0.15, 0.2) is 6.67 Å². The summed E-state index contributed by atoms with van der Waals surface area (Å²) in [6.07, 6.45) is 0. The number of aryl methyl sites for hydroxylation is 1. The number of quaternary nitrogens is 1. The first-order valence-corrected chi connectivity index (χ1v) is 10.4. The number of hydrogen-bond donors (Lipinski definition) is 1. The van der Waals surface area contributed by atoms with Gasteiger partial charge in [-0.05, 0) is 44.2 Å². The lowest BCUT2D eigenvalue weighted by Crippen LogP contribution is -3.16. The highest BCUT2D eigenvalue weighted by Gasteiger charge is 2.45. The molecule has 2 saturated heterocycles. The number of hydrogen-bond acceptors (Lipinski definition) is 3. The fourth-order valence-electron chi connectivity index (χ4n) is 4.05. The molecular weight excluding hydrogens is 388 g/mol. The zero-order chi connectivity index (χ0) is 20.5. The van der Waals surface area contributed by atoms with Crippen LogP contribution in [0.5, 0.6) is 0 Å². The number of anilines is 2. The van der Waals surface area contributed by atoms with Gasteiger partial charge < -0.3 is 9.80 Å². The highest BCUT2D eigenvalue weighted by molar-refractivity contribution is 6.30. The summed E-state index contributed by atoms with van der Waals surface area (Å²) in [5.41, 5.74) is 3.01. The summed E-state index contributed by atoms with van der Waals surface area (Å²) in [5, 5.41) is 0.732. The number of carbonyl (C=O) groups is 2. The van der Waals surface area contributed by atoms with Crippen molar-refractivity contribution in [1.82, 2.24) is 4.90 Å². The predicted molar refractivity (Wildman–Crippen MR) is 115 cm³/mol. The maximum Gasteiger partial charge on any atom is 0.336 e. The Morgan fingerprint density at radius 2 is 1.72 bits per heavy atom. The van der Waals surface area contributed by atoms with Crippen LogP contribution in [0.25, 0.3) is 0 Å². The lowest BCUT2D eigenvalue weighted by atomic mass is 10.2. The van der Waals surface area contributed by atoms with E-state index in [4.69, 9.17) is 11.6 Å². The Hall–Kier alpha value is -2.57. The Morgan fingerprint density at radius 1 is 1.03 bits per heavy atom. The molecule has 2 aliphatic rings. The molecule has 2 aromatic carbocycles. The molecule has 0 bridgehead atoms. The van der Waals surface area contributed by atoms with Crippen LogP contribution in [0.1, 0.15) is 12.5 Å². The van der Waals surface area contributed by atoms with Gasteiger partial charge in [0.1, 0.15) is 6.04 Å². The van der Waals surface area contributed by atoms with E-state index in [1.54, 1.807) is 11.8 Å². The molecule has 2 heterocycles. The van der Waals surface area contributed by atoms with Gasteiger partial charge in [-0.2, -0.15) is 0 Å². The summed E-state index contributed by atoms with van der Waals surface area (Å²) in [7, 11) is 0. The molecular formula is C22H26ClN4O2+. The Kier molecular flexibility index (Phi) is 5.48. The van der Waals surface area contributed by atoms with Gasteiger partial charge in [-0.1, -0.05) is 35.4 Å². The minimum Gasteiger partial charge on any atom is -0.360 e. The molecule has 29 heavy (non-hydrogen) atoms. The molecule has 3 amide bonds. The molecule has 1 atom stereocenters. The normalized spacial score (nSPS) is 20.7. The van der Waals surface area contributed by atoms with Crippen molar-refractivity contribution in [1.29, 1.82) is 0 Å². The van der Waals surface area contributed by atoms with E-state index in [9.17, 15) is 9.59 Å². The Morgan fingerprint density at radius 3 is 2.38 bits per heavy atom. The van der Waals surface area contributed by atoms with Crippen LogP contribution in [0.15, 0.2) is 48.5 Å². The van der Waals surface area contributed by atoms with Gasteiger partial charge in [0.2, 0.25) is 0 Å². The van der Waals surface area contributed by atoms with Crippen LogP contribution in [0.2, 0.25) is 5.02 Å². The first kappa shape index (κ1) is 19.7. The third-order valence-electron chi connectivity index (χ3n) is 5.79. The third-order valence-corrected chi connectivity index (χ3v) is 6.02. The summed E-state index contributed by atoms with van der Waals surface area (Å²) in [5.74, 6) is -0.125. The Balaban J connectivity index is 1.40. The fraction of sp³-hybridized carbons (Fsp3) is 0.364. The average molecular weight is 414 g/mol. The van der Waals surface area contributed by atoms with Crippen LogP contribution >= 0.6 is 11.6 Å². The summed E-state index contributed by atoms with van der Waals surface area (Å²) in [4.78, 5) is 32.3. The van der Waals surface area contributed by atoms with Crippen molar-refractivity contribution >= 4 is 34.9 Å². The smallest absolute Gasteiger partial charge is 0.336 e. The van der Waals surface area contributed by atoms with E-state index >= 15 is 0 Å². The van der Waals surface area contributed by atoms with Crippen molar-refractivity contribution in [2.24, 2.45) is 0 Å². The molecule has 1 N–H and O–H groups in total. The molecule has 2 aliphatic heterocycles. The number of rotatable bonds is 4. The monoisotopic (exact) mass is 413 g/mol. The van der Waals surface area contributed by atoms with Crippen LogP contribution in [0.4, 0.5) is 16.2 Å². The van der Waals surface area contributed by atoms with Crippen molar-refractivity contribution in [3.8, 4) is 0 Å². The molecule has 0 unspecified atom stereocenters. The zero-order valence-electron chi connectivity index (χ0n) is 16.8. The number of imide groups is 1. The van der Waals surface area contributed by atoms with E-state index in [2.05, 4.69) is 11.0 Å². The largest absolute Gasteiger partial charge is 0.360 e. The molecule has 0 aliphatic carbocycles. The maximum atomic E-state index is 13.0. The van der Waals surface area contributed by atoms with Gasteiger partial charge in [0, 0.05) is 16.4 Å². The standard InChI is InChI=1S/C22H25ClN4O2/c1-16-6-8-19(9-7-16)27-17(2)21(28)26(22(27)29)15-24-10-12-25(13-11-24)20-5-3-4-18(23)14-20/h3-9,14,17H,10-13,15H2,1-2H3/p+1/t17-/m0/s1. The quantitative estimate of drug-likeness (QED) is 0.781. The minimum absolute atomic E-state index is 0.125. The Labute approximate surface area is 176 Å². The van der Waals surface area contributed by atoms with Gasteiger partial charge in [0.05, 0.1) is 26.2 Å². The summed E-state index contributed by atoms with van der Waals surface area (Å²) >= 11 is 6.11. The van der Waals surface area contributed by atoms with E-state index in [1.807, 2.05) is 49.4 Å². The van der Waals surface area contributed by atoms with Crippen molar-refractivity contribution in [3.63, 3.8) is 0 Å². The van der Waals surface area contributed by atoms with Crippen LogP contribution in [-0.4, -0.2) is 55.7 Å². The maximum absolute atomic E-state index is 13.0. The highest BCUT2D eigenvalue weighted by Crippen LogP contribution is 2.25. The van der Waals surface area contributed by atoms with E-state index in [1.165, 1.54) is 9.80 Å². The van der Waals surface area contributed by atoms with E-state index < -0.39 is 6.04 Å². The van der Waals surface area contributed by atoms with Gasteiger partial charge in [-0.15, -0.1) is 0 Å². The van der Waals surface area contributed by atoms with E-state index in [-0.39, 0.29) is 11.9 Å². The first-order valence-electron chi connectivity index (χ1n) is 9.99. The number of carbonyl (C=O) groups excluding carboxylic acids is 2. The molecule has 0 saturated carbocycles. The van der Waals surface area contributed by atoms with E-state index in [0.29, 0.717) is 6.67 Å². The minimum atomic E-state index is -0.475. The SMILES string of the molecule is Cc1ccc(N2C(=O)N(C[NH+]3CCN(c4cccc(Cl)c4)CC3)C(=O)[C@@H]2C)cc1. The van der Waals surface area contributed by atoms with E-state index in [0.717, 1.165) is 48.1 Å². The van der Waals surface area contributed by atoms with Crippen molar-refractivity contribution in [2.75, 3.05) is 42.6 Å². The molecule has 4 rings (SSSR count). The number of halogens is 1. The van der Waals surface area contributed by atoms with Crippen molar-refractivity contribution in [3.05, 3.63) is 59.1 Å². The topological polar surface area (TPSA) is 48.3 Å². The zero-order valence-corrected chi connectivity index (χ0v) is 17.5. The van der Waals surface area contributed by atoms with Crippen LogP contribution in [0, 0.1) is 6.92 Å². The molecule has 0 spiro atoms. The van der Waals surface area contributed by atoms with Crippen LogP contribution in [-0.2, 0) is 4.79 Å². The van der Waals surface area contributed by atoms with Gasteiger partial charge in [-0.25, -0.2) is 9.69 Å². The summed E-state index contributed by atoms with van der Waals surface area (Å²) < 4.78 is 0. The third kappa shape index (κ3) is 3.95. The van der Waals surface area contributed by atoms with Crippen LogP contribution in [0.3, 0.4) is 0 Å². The molecule has 2 aromatic rings. The summed E-state index contributed by atoms with van der Waals surface area (Å²) in [6, 6.07) is 14.9. The number of piperazine rings is 1.